The van der Waals surface area contributed by atoms with Crippen LogP contribution in [0.5, 0.6) is 0 Å². The molecule has 23 heavy (non-hydrogen) atoms. The van der Waals surface area contributed by atoms with Gasteiger partial charge in [-0.1, -0.05) is 20.8 Å². The first-order valence-electron chi connectivity index (χ1n) is 8.19. The van der Waals surface area contributed by atoms with E-state index < -0.39 is 14.1 Å². The van der Waals surface area contributed by atoms with E-state index in [-0.39, 0.29) is 29.3 Å². The molecule has 0 aromatic carbocycles. The van der Waals surface area contributed by atoms with Crippen molar-refractivity contribution in [1.82, 2.24) is 0 Å². The van der Waals surface area contributed by atoms with Gasteiger partial charge in [-0.05, 0) is 38.1 Å². The second kappa shape index (κ2) is 5.99. The molecule has 1 saturated heterocycles. The number of hydrogen-bond acceptors (Lipinski definition) is 5. The molecule has 132 valence electrons. The Morgan fingerprint density at radius 1 is 1.30 bits per heavy atom. The minimum Gasteiger partial charge on any atom is -0.466 e. The lowest BCUT2D eigenvalue weighted by molar-refractivity contribution is -0.151. The van der Waals surface area contributed by atoms with Crippen LogP contribution in [-0.2, 0) is 23.4 Å². The summed E-state index contributed by atoms with van der Waals surface area (Å²) in [7, 11) is -0.590. The maximum atomic E-state index is 12.0. The summed E-state index contributed by atoms with van der Waals surface area (Å²) < 4.78 is 23.4. The molecule has 0 aromatic heterocycles. The smallest absolute Gasteiger partial charge is 0.333 e. The van der Waals surface area contributed by atoms with Gasteiger partial charge in [0, 0.05) is 12.0 Å². The molecule has 0 unspecified atom stereocenters. The number of carbonyl (C=O) groups is 1. The van der Waals surface area contributed by atoms with Crippen LogP contribution in [0.3, 0.4) is 0 Å². The first-order valence-corrected chi connectivity index (χ1v) is 11.1. The maximum Gasteiger partial charge on any atom is 0.333 e. The fraction of sp³-hybridized carbons (Fsp3) is 0.824. The highest BCUT2D eigenvalue weighted by atomic mass is 28.4. The standard InChI is InChI=1S/C17H30O5Si/c1-16(2,3)23(7,8)22-13-10-11(15(18)19-6)9-12-14(13)21-17(4,5)20-12/h9,12-14H,10H2,1-8H3/t12-,13-,14-/m1/s1. The fourth-order valence-electron chi connectivity index (χ4n) is 2.78. The molecule has 1 aliphatic carbocycles. The molecular weight excluding hydrogens is 312 g/mol. The molecule has 0 aromatic rings. The Bertz CT molecular complexity index is 504. The number of methoxy groups -OCH3 is 1. The predicted molar refractivity (Wildman–Crippen MR) is 90.6 cm³/mol. The van der Waals surface area contributed by atoms with Crippen LogP contribution in [0.15, 0.2) is 11.6 Å². The van der Waals surface area contributed by atoms with Crippen molar-refractivity contribution in [1.29, 1.82) is 0 Å². The summed E-state index contributed by atoms with van der Waals surface area (Å²) in [6.45, 7) is 14.8. The predicted octanol–water partition coefficient (Wildman–Crippen LogP) is 3.40. The van der Waals surface area contributed by atoms with Crippen molar-refractivity contribution < 1.29 is 23.4 Å². The first kappa shape index (κ1) is 18.6. The van der Waals surface area contributed by atoms with E-state index >= 15 is 0 Å². The van der Waals surface area contributed by atoms with E-state index in [0.29, 0.717) is 12.0 Å². The molecule has 0 spiro atoms. The second-order valence-electron chi connectivity index (χ2n) is 8.37. The molecule has 0 bridgehead atoms. The minimum absolute atomic E-state index is 0.0874. The summed E-state index contributed by atoms with van der Waals surface area (Å²) in [5.74, 6) is -0.993. The number of rotatable bonds is 3. The van der Waals surface area contributed by atoms with Gasteiger partial charge in [-0.3, -0.25) is 0 Å². The van der Waals surface area contributed by atoms with Crippen molar-refractivity contribution >= 4 is 14.3 Å². The molecular formula is C17H30O5Si. The average Bonchev–Trinajstić information content (AvgIpc) is 2.70. The summed E-state index contributed by atoms with van der Waals surface area (Å²) in [6.07, 6.45) is 1.67. The molecule has 0 N–H and O–H groups in total. The van der Waals surface area contributed by atoms with E-state index in [0.717, 1.165) is 0 Å². The van der Waals surface area contributed by atoms with E-state index in [1.807, 2.05) is 19.9 Å². The van der Waals surface area contributed by atoms with Crippen molar-refractivity contribution in [3.05, 3.63) is 11.6 Å². The van der Waals surface area contributed by atoms with E-state index in [1.54, 1.807) is 0 Å². The van der Waals surface area contributed by atoms with Gasteiger partial charge in [-0.2, -0.15) is 0 Å². The first-order chi connectivity index (χ1) is 10.4. The van der Waals surface area contributed by atoms with E-state index in [1.165, 1.54) is 7.11 Å². The van der Waals surface area contributed by atoms with Crippen LogP contribution < -0.4 is 0 Å². The normalized spacial score (nSPS) is 30.6. The summed E-state index contributed by atoms with van der Waals surface area (Å²) >= 11 is 0. The summed E-state index contributed by atoms with van der Waals surface area (Å²) in [4.78, 5) is 12.0. The summed E-state index contributed by atoms with van der Waals surface area (Å²) in [5, 5.41) is 0.0874. The van der Waals surface area contributed by atoms with Gasteiger partial charge in [-0.15, -0.1) is 0 Å². The summed E-state index contributed by atoms with van der Waals surface area (Å²) in [5.41, 5.74) is 0.610. The lowest BCUT2D eigenvalue weighted by Crippen LogP contribution is -2.50. The van der Waals surface area contributed by atoms with Gasteiger partial charge in [-0.25, -0.2) is 4.79 Å². The van der Waals surface area contributed by atoms with E-state index in [9.17, 15) is 4.79 Å². The van der Waals surface area contributed by atoms with Gasteiger partial charge in [0.05, 0.1) is 13.2 Å². The van der Waals surface area contributed by atoms with Gasteiger partial charge in [0.1, 0.15) is 12.2 Å². The Morgan fingerprint density at radius 3 is 2.43 bits per heavy atom. The third-order valence-electron chi connectivity index (χ3n) is 5.02. The van der Waals surface area contributed by atoms with Crippen molar-refractivity contribution in [2.75, 3.05) is 7.11 Å². The molecule has 3 atom stereocenters. The molecule has 6 heteroatoms. The largest absolute Gasteiger partial charge is 0.466 e. The third kappa shape index (κ3) is 3.87. The van der Waals surface area contributed by atoms with Crippen LogP contribution in [0.25, 0.3) is 0 Å². The monoisotopic (exact) mass is 342 g/mol. The molecule has 1 heterocycles. The third-order valence-corrected chi connectivity index (χ3v) is 9.52. The lowest BCUT2D eigenvalue weighted by Gasteiger charge is -2.42. The van der Waals surface area contributed by atoms with Crippen LogP contribution in [0.2, 0.25) is 18.1 Å². The highest BCUT2D eigenvalue weighted by molar-refractivity contribution is 6.74. The van der Waals surface area contributed by atoms with E-state index in [2.05, 4.69) is 33.9 Å². The Hall–Kier alpha value is -0.693. The Labute approximate surface area is 140 Å². The van der Waals surface area contributed by atoms with Crippen molar-refractivity contribution in [2.45, 2.75) is 83.3 Å². The van der Waals surface area contributed by atoms with Crippen molar-refractivity contribution in [2.24, 2.45) is 0 Å². The molecule has 5 nitrogen and oxygen atoms in total. The van der Waals surface area contributed by atoms with Gasteiger partial charge in [0.2, 0.25) is 0 Å². The Kier molecular flexibility index (Phi) is 4.85. The zero-order valence-corrected chi connectivity index (χ0v) is 16.6. The van der Waals surface area contributed by atoms with Gasteiger partial charge < -0.3 is 18.6 Å². The maximum absolute atomic E-state index is 12.0. The SMILES string of the molecule is COC(=O)C1=C[C@H]2OC(C)(C)O[C@H]2[C@H](O[Si](C)(C)C(C)(C)C)C1. The number of fused-ring (bicyclic) bond motifs is 1. The number of esters is 1. The fourth-order valence-corrected chi connectivity index (χ4v) is 4.11. The topological polar surface area (TPSA) is 54.0 Å². The lowest BCUT2D eigenvalue weighted by atomic mass is 9.92. The second-order valence-corrected chi connectivity index (χ2v) is 13.1. The van der Waals surface area contributed by atoms with Crippen molar-refractivity contribution in [3.63, 3.8) is 0 Å². The van der Waals surface area contributed by atoms with Crippen LogP contribution in [-0.4, -0.2) is 45.5 Å². The molecule has 0 radical (unpaired) electrons. The number of carbonyl (C=O) groups excluding carboxylic acids is 1. The highest BCUT2D eigenvalue weighted by Gasteiger charge is 2.50. The minimum atomic E-state index is -1.99. The number of hydrogen-bond donors (Lipinski definition) is 0. The highest BCUT2D eigenvalue weighted by Crippen LogP contribution is 2.42. The zero-order valence-electron chi connectivity index (χ0n) is 15.6. The Balaban J connectivity index is 2.28. The zero-order chi connectivity index (χ0) is 17.6. The number of ether oxygens (including phenoxy) is 3. The van der Waals surface area contributed by atoms with Crippen LogP contribution in [0, 0.1) is 0 Å². The van der Waals surface area contributed by atoms with Crippen LogP contribution >= 0.6 is 0 Å². The summed E-state index contributed by atoms with van der Waals surface area (Å²) in [6, 6.07) is 0. The molecule has 0 amide bonds. The van der Waals surface area contributed by atoms with Crippen molar-refractivity contribution in [3.8, 4) is 0 Å². The van der Waals surface area contributed by atoms with Gasteiger partial charge >= 0.3 is 5.97 Å². The van der Waals surface area contributed by atoms with Gasteiger partial charge in [0.25, 0.3) is 0 Å². The molecule has 2 aliphatic rings. The van der Waals surface area contributed by atoms with Gasteiger partial charge in [0.15, 0.2) is 14.1 Å². The van der Waals surface area contributed by atoms with Crippen LogP contribution in [0.1, 0.15) is 41.0 Å². The van der Waals surface area contributed by atoms with E-state index in [4.69, 9.17) is 18.6 Å². The van der Waals surface area contributed by atoms with Crippen LogP contribution in [0.4, 0.5) is 0 Å². The molecule has 1 aliphatic heterocycles. The molecule has 2 rings (SSSR count). The molecule has 0 saturated carbocycles. The quantitative estimate of drug-likeness (QED) is 0.581. The average molecular weight is 343 g/mol. The Morgan fingerprint density at radius 2 is 1.91 bits per heavy atom. The molecule has 1 fully saturated rings.